The second-order valence-corrected chi connectivity index (χ2v) is 10.7. The maximum Gasteiger partial charge on any atom is 0.268 e. The van der Waals surface area contributed by atoms with E-state index in [0.29, 0.717) is 35.6 Å². The van der Waals surface area contributed by atoms with Crippen molar-refractivity contribution in [1.82, 2.24) is 14.7 Å². The molecule has 0 atom stereocenters. The number of nitrogens with one attached hydrogen (secondary N) is 2. The molecule has 1 aromatic heterocycles. The van der Waals surface area contributed by atoms with Gasteiger partial charge in [-0.2, -0.15) is 4.31 Å². The summed E-state index contributed by atoms with van der Waals surface area (Å²) in [5, 5.41) is 6.39. The molecule has 2 amide bonds. The third-order valence-electron chi connectivity index (χ3n) is 5.31. The highest BCUT2D eigenvalue weighted by Gasteiger charge is 2.28. The Hall–Kier alpha value is -3.05. The predicted molar refractivity (Wildman–Crippen MR) is 128 cm³/mol. The molecule has 0 spiro atoms. The van der Waals surface area contributed by atoms with E-state index in [1.165, 1.54) is 50.5 Å². The lowest BCUT2D eigenvalue weighted by atomic mass is 10.0. The van der Waals surface area contributed by atoms with Crippen LogP contribution in [0.3, 0.4) is 0 Å². The van der Waals surface area contributed by atoms with Crippen LogP contribution in [0.25, 0.3) is 0 Å². The molecule has 0 saturated heterocycles. The summed E-state index contributed by atoms with van der Waals surface area (Å²) in [6.07, 6.45) is 0.667. The predicted octanol–water partition coefficient (Wildman–Crippen LogP) is 2.95. The molecule has 3 aromatic rings. The minimum Gasteiger partial charge on any atom is -0.313 e. The van der Waals surface area contributed by atoms with Crippen LogP contribution in [0, 0.1) is 0 Å². The van der Waals surface area contributed by atoms with Gasteiger partial charge in [-0.15, -0.1) is 11.3 Å². The van der Waals surface area contributed by atoms with Gasteiger partial charge in [-0.1, -0.05) is 24.3 Å². The first kappa shape index (κ1) is 23.1. The van der Waals surface area contributed by atoms with E-state index in [1.807, 2.05) is 24.3 Å². The summed E-state index contributed by atoms with van der Waals surface area (Å²) < 4.78 is 27.7. The van der Waals surface area contributed by atoms with Gasteiger partial charge in [0.05, 0.1) is 10.5 Å². The molecule has 2 heterocycles. The number of carbonyl (C=O) groups is 2. The van der Waals surface area contributed by atoms with E-state index < -0.39 is 15.9 Å². The Labute approximate surface area is 196 Å². The number of nitrogens with zero attached hydrogens (tertiary/aromatic N) is 2. The molecule has 4 rings (SSSR count). The number of thiophene rings is 1. The molecule has 8 nitrogen and oxygen atoms in total. The lowest BCUT2D eigenvalue weighted by Gasteiger charge is -2.28. The molecule has 2 aromatic carbocycles. The Morgan fingerprint density at radius 1 is 0.970 bits per heavy atom. The highest BCUT2D eigenvalue weighted by Crippen LogP contribution is 2.26. The quantitative estimate of drug-likeness (QED) is 0.524. The molecule has 10 heteroatoms. The van der Waals surface area contributed by atoms with Gasteiger partial charge in [-0.05, 0) is 53.3 Å². The van der Waals surface area contributed by atoms with Crippen LogP contribution in [0.1, 0.15) is 31.8 Å². The first-order valence-corrected chi connectivity index (χ1v) is 12.6. The van der Waals surface area contributed by atoms with Gasteiger partial charge in [0.15, 0.2) is 0 Å². The summed E-state index contributed by atoms with van der Waals surface area (Å²) in [7, 11) is -0.290. The third-order valence-corrected chi connectivity index (χ3v) is 8.00. The summed E-state index contributed by atoms with van der Waals surface area (Å²) in [5.74, 6) is -0.756. The van der Waals surface area contributed by atoms with Crippen molar-refractivity contribution in [2.24, 2.45) is 0 Å². The summed E-state index contributed by atoms with van der Waals surface area (Å²) in [5.41, 5.74) is 5.47. The zero-order valence-corrected chi connectivity index (χ0v) is 19.9. The number of anilines is 1. The standard InChI is InChI=1S/C23H24N4O4S2/c1-26(2)25-22(29)20-12-14-32-23(20)24-21(28)17-7-9-19(10-8-17)33(30,31)27-13-11-16-5-3-4-6-18(16)15-27/h3-10,12,14H,11,13,15H2,1-2H3,(H,24,28)(H,25,29). The summed E-state index contributed by atoms with van der Waals surface area (Å²) in [4.78, 5) is 25.1. The number of hydrogen-bond acceptors (Lipinski definition) is 6. The fourth-order valence-corrected chi connectivity index (χ4v) is 5.82. The van der Waals surface area contributed by atoms with Crippen LogP contribution in [-0.2, 0) is 23.0 Å². The minimum atomic E-state index is -3.68. The molecular weight excluding hydrogens is 460 g/mol. The molecule has 0 bridgehead atoms. The Kier molecular flexibility index (Phi) is 6.61. The number of carbonyl (C=O) groups excluding carboxylic acids is 2. The smallest absolute Gasteiger partial charge is 0.268 e. The van der Waals surface area contributed by atoms with Crippen molar-refractivity contribution in [3.63, 3.8) is 0 Å². The average molecular weight is 485 g/mol. The number of rotatable bonds is 6. The number of amides is 2. The number of benzene rings is 2. The van der Waals surface area contributed by atoms with Crippen LogP contribution in [0.15, 0.2) is 64.9 Å². The highest BCUT2D eigenvalue weighted by atomic mass is 32.2. The SMILES string of the molecule is CN(C)NC(=O)c1ccsc1NC(=O)c1ccc(S(=O)(=O)N2CCc3ccccc3C2)cc1. The van der Waals surface area contributed by atoms with Crippen LogP contribution in [0.4, 0.5) is 5.00 Å². The monoisotopic (exact) mass is 484 g/mol. The Morgan fingerprint density at radius 2 is 1.67 bits per heavy atom. The molecule has 2 N–H and O–H groups in total. The van der Waals surface area contributed by atoms with Gasteiger partial charge >= 0.3 is 0 Å². The van der Waals surface area contributed by atoms with Gasteiger partial charge in [0.1, 0.15) is 5.00 Å². The van der Waals surface area contributed by atoms with Crippen LogP contribution in [0.2, 0.25) is 0 Å². The van der Waals surface area contributed by atoms with Crippen LogP contribution < -0.4 is 10.7 Å². The van der Waals surface area contributed by atoms with E-state index in [1.54, 1.807) is 25.5 Å². The van der Waals surface area contributed by atoms with Gasteiger partial charge in [-0.3, -0.25) is 15.0 Å². The van der Waals surface area contributed by atoms with Crippen LogP contribution >= 0.6 is 11.3 Å². The van der Waals surface area contributed by atoms with E-state index >= 15 is 0 Å². The lowest BCUT2D eigenvalue weighted by molar-refractivity contribution is 0.0858. The van der Waals surface area contributed by atoms with Gasteiger partial charge < -0.3 is 5.32 Å². The van der Waals surface area contributed by atoms with E-state index in [4.69, 9.17) is 0 Å². The number of sulfonamides is 1. The van der Waals surface area contributed by atoms with Gasteiger partial charge in [0.2, 0.25) is 10.0 Å². The Bertz CT molecular complexity index is 1280. The molecule has 0 aliphatic carbocycles. The van der Waals surface area contributed by atoms with Crippen molar-refractivity contribution < 1.29 is 18.0 Å². The number of hydrogen-bond donors (Lipinski definition) is 2. The molecule has 172 valence electrons. The number of fused-ring (bicyclic) bond motifs is 1. The van der Waals surface area contributed by atoms with E-state index in [9.17, 15) is 18.0 Å². The lowest BCUT2D eigenvalue weighted by Crippen LogP contribution is -2.36. The maximum atomic E-state index is 13.1. The zero-order valence-electron chi connectivity index (χ0n) is 18.2. The van der Waals surface area contributed by atoms with Gasteiger partial charge in [0, 0.05) is 32.7 Å². The summed E-state index contributed by atoms with van der Waals surface area (Å²) in [6.45, 7) is 0.745. The molecular formula is C23H24N4O4S2. The van der Waals surface area contributed by atoms with Crippen molar-refractivity contribution in [2.45, 2.75) is 17.9 Å². The molecule has 0 unspecified atom stereocenters. The van der Waals surface area contributed by atoms with Crippen molar-refractivity contribution in [3.8, 4) is 0 Å². The molecule has 33 heavy (non-hydrogen) atoms. The van der Waals surface area contributed by atoms with E-state index in [2.05, 4.69) is 10.7 Å². The second-order valence-electron chi connectivity index (χ2n) is 7.83. The van der Waals surface area contributed by atoms with Gasteiger partial charge in [0.25, 0.3) is 11.8 Å². The average Bonchev–Trinajstić information content (AvgIpc) is 3.26. The molecule has 1 aliphatic heterocycles. The van der Waals surface area contributed by atoms with Crippen molar-refractivity contribution in [3.05, 3.63) is 82.2 Å². The second kappa shape index (κ2) is 9.44. The van der Waals surface area contributed by atoms with E-state index in [0.717, 1.165) is 5.56 Å². The first-order chi connectivity index (χ1) is 15.8. The Balaban J connectivity index is 1.47. The molecule has 0 radical (unpaired) electrons. The highest BCUT2D eigenvalue weighted by molar-refractivity contribution is 7.89. The fraction of sp³-hybridized carbons (Fsp3) is 0.217. The normalized spacial score (nSPS) is 14.0. The van der Waals surface area contributed by atoms with Crippen molar-refractivity contribution in [1.29, 1.82) is 0 Å². The molecule has 0 fully saturated rings. The van der Waals surface area contributed by atoms with Crippen LogP contribution in [-0.4, -0.2) is 50.2 Å². The molecule has 0 saturated carbocycles. The molecule has 1 aliphatic rings. The number of hydrazine groups is 1. The summed E-state index contributed by atoms with van der Waals surface area (Å²) >= 11 is 1.23. The zero-order chi connectivity index (χ0) is 23.6. The largest absolute Gasteiger partial charge is 0.313 e. The van der Waals surface area contributed by atoms with Crippen molar-refractivity contribution >= 4 is 38.2 Å². The van der Waals surface area contributed by atoms with Crippen molar-refractivity contribution in [2.75, 3.05) is 26.0 Å². The fourth-order valence-electron chi connectivity index (χ4n) is 3.63. The maximum absolute atomic E-state index is 13.1. The minimum absolute atomic E-state index is 0.139. The van der Waals surface area contributed by atoms with Gasteiger partial charge in [-0.25, -0.2) is 13.4 Å². The Morgan fingerprint density at radius 3 is 2.36 bits per heavy atom. The topological polar surface area (TPSA) is 98.8 Å². The van der Waals surface area contributed by atoms with Crippen LogP contribution in [0.5, 0.6) is 0 Å². The van der Waals surface area contributed by atoms with E-state index in [-0.39, 0.29) is 10.8 Å². The third kappa shape index (κ3) is 4.98. The first-order valence-electron chi connectivity index (χ1n) is 10.3. The summed E-state index contributed by atoms with van der Waals surface area (Å²) in [6, 6.07) is 15.3.